The largest absolute Gasteiger partial charge is 0.497 e. The summed E-state index contributed by atoms with van der Waals surface area (Å²) in [5.74, 6) is 0.716. The van der Waals surface area contributed by atoms with Crippen molar-refractivity contribution in [3.8, 4) is 11.5 Å². The molecule has 0 spiro atoms. The highest BCUT2D eigenvalue weighted by molar-refractivity contribution is 5.83. The van der Waals surface area contributed by atoms with Gasteiger partial charge in [0.05, 0.1) is 12.7 Å². The van der Waals surface area contributed by atoms with E-state index >= 15 is 0 Å². The van der Waals surface area contributed by atoms with Crippen LogP contribution in [0.15, 0.2) is 18.2 Å². The molecule has 0 aliphatic rings. The Morgan fingerprint density at radius 2 is 2.10 bits per heavy atom. The fourth-order valence-corrected chi connectivity index (χ4v) is 1.95. The molecule has 0 bridgehead atoms. The summed E-state index contributed by atoms with van der Waals surface area (Å²) in [6.45, 7) is 5.67. The highest BCUT2D eigenvalue weighted by atomic mass is 16.5. The van der Waals surface area contributed by atoms with Crippen LogP contribution in [0.4, 0.5) is 0 Å². The quantitative estimate of drug-likeness (QED) is 0.748. The number of ether oxygens (including phenoxy) is 2. The minimum absolute atomic E-state index is 0.101. The average Bonchev–Trinajstić information content (AvgIpc) is 2.47. The molecule has 5 nitrogen and oxygen atoms in total. The molecule has 0 fully saturated rings. The zero-order valence-corrected chi connectivity index (χ0v) is 13.0. The van der Waals surface area contributed by atoms with Gasteiger partial charge in [-0.15, -0.1) is 0 Å². The maximum atomic E-state index is 12.0. The summed E-state index contributed by atoms with van der Waals surface area (Å²) in [5.41, 5.74) is 0.386. The van der Waals surface area contributed by atoms with Gasteiger partial charge in [0.2, 0.25) is 0 Å². The van der Waals surface area contributed by atoms with Crippen LogP contribution in [0.2, 0.25) is 0 Å². The van der Waals surface area contributed by atoms with Crippen LogP contribution in [-0.2, 0) is 4.79 Å². The monoisotopic (exact) mass is 293 g/mol. The van der Waals surface area contributed by atoms with Crippen LogP contribution in [0.3, 0.4) is 0 Å². The second kappa shape index (κ2) is 8.29. The van der Waals surface area contributed by atoms with Crippen LogP contribution in [0.5, 0.6) is 11.5 Å². The van der Waals surface area contributed by atoms with Gasteiger partial charge in [-0.05, 0) is 32.4 Å². The van der Waals surface area contributed by atoms with Gasteiger partial charge in [0.1, 0.15) is 11.5 Å². The third kappa shape index (κ3) is 5.10. The van der Waals surface area contributed by atoms with Crippen molar-refractivity contribution in [2.24, 2.45) is 0 Å². The lowest BCUT2D eigenvalue weighted by Crippen LogP contribution is -2.41. The predicted molar refractivity (Wildman–Crippen MR) is 81.0 cm³/mol. The molecule has 1 aromatic rings. The second-order valence-corrected chi connectivity index (χ2v) is 4.98. The van der Waals surface area contributed by atoms with Gasteiger partial charge in [-0.1, -0.05) is 13.3 Å². The van der Waals surface area contributed by atoms with Crippen LogP contribution in [0.25, 0.3) is 0 Å². The number of hydrogen-bond acceptors (Lipinski definition) is 4. The molecule has 1 N–H and O–H groups in total. The van der Waals surface area contributed by atoms with Gasteiger partial charge < -0.3 is 14.8 Å². The normalized spacial score (nSPS) is 13.1. The van der Waals surface area contributed by atoms with Gasteiger partial charge in [0.15, 0.2) is 12.4 Å². The molecular weight excluding hydrogens is 270 g/mol. The fourth-order valence-electron chi connectivity index (χ4n) is 1.95. The number of carbonyl (C=O) groups excluding carboxylic acids is 2. The minimum atomic E-state index is -0.685. The molecule has 2 atom stereocenters. The first kappa shape index (κ1) is 17.0. The molecule has 0 aliphatic heterocycles. The first-order valence-electron chi connectivity index (χ1n) is 7.12. The van der Waals surface area contributed by atoms with Crippen molar-refractivity contribution >= 4 is 12.2 Å². The fraction of sp³-hybridized carbons (Fsp3) is 0.500. The summed E-state index contributed by atoms with van der Waals surface area (Å²) in [4.78, 5) is 23.1. The van der Waals surface area contributed by atoms with E-state index in [-0.39, 0.29) is 11.9 Å². The maximum absolute atomic E-state index is 12.0. The highest BCUT2D eigenvalue weighted by Gasteiger charge is 2.18. The summed E-state index contributed by atoms with van der Waals surface area (Å²) < 4.78 is 10.7. The Kier molecular flexibility index (Phi) is 6.72. The van der Waals surface area contributed by atoms with Crippen LogP contribution in [0, 0.1) is 0 Å². The number of carbonyl (C=O) groups is 2. The lowest BCUT2D eigenvalue weighted by Gasteiger charge is -2.19. The SMILES string of the molecule is CCCC(C)NC(=O)C(C)Oc1cc(OC)ccc1C=O. The zero-order chi connectivity index (χ0) is 15.8. The van der Waals surface area contributed by atoms with Crippen molar-refractivity contribution in [2.45, 2.75) is 45.8 Å². The van der Waals surface area contributed by atoms with E-state index in [4.69, 9.17) is 9.47 Å². The zero-order valence-electron chi connectivity index (χ0n) is 13.0. The van der Waals surface area contributed by atoms with Gasteiger partial charge >= 0.3 is 0 Å². The lowest BCUT2D eigenvalue weighted by molar-refractivity contribution is -0.127. The summed E-state index contributed by atoms with van der Waals surface area (Å²) >= 11 is 0. The Balaban J connectivity index is 2.75. The molecule has 0 aromatic heterocycles. The molecular formula is C16H23NO4. The second-order valence-electron chi connectivity index (χ2n) is 4.98. The first-order chi connectivity index (χ1) is 10.0. The molecule has 0 saturated heterocycles. The average molecular weight is 293 g/mol. The Morgan fingerprint density at radius 3 is 2.67 bits per heavy atom. The van der Waals surface area contributed by atoms with Crippen LogP contribution in [0.1, 0.15) is 44.0 Å². The summed E-state index contributed by atoms with van der Waals surface area (Å²) in [6.07, 6.45) is 1.92. The van der Waals surface area contributed by atoms with E-state index < -0.39 is 6.10 Å². The molecule has 1 rings (SSSR count). The number of amides is 1. The Bertz CT molecular complexity index is 487. The van der Waals surface area contributed by atoms with Gasteiger partial charge in [-0.3, -0.25) is 9.59 Å². The topological polar surface area (TPSA) is 64.6 Å². The van der Waals surface area contributed by atoms with Crippen molar-refractivity contribution in [3.63, 3.8) is 0 Å². The molecule has 2 unspecified atom stereocenters. The number of aldehydes is 1. The number of benzene rings is 1. The third-order valence-corrected chi connectivity index (χ3v) is 3.13. The van der Waals surface area contributed by atoms with Crippen LogP contribution in [-0.4, -0.2) is 31.4 Å². The van der Waals surface area contributed by atoms with E-state index in [2.05, 4.69) is 12.2 Å². The summed E-state index contributed by atoms with van der Waals surface area (Å²) in [7, 11) is 1.53. The molecule has 0 heterocycles. The Morgan fingerprint density at radius 1 is 1.38 bits per heavy atom. The van der Waals surface area contributed by atoms with E-state index in [1.54, 1.807) is 25.1 Å². The number of rotatable bonds is 8. The molecule has 5 heteroatoms. The van der Waals surface area contributed by atoms with Crippen molar-refractivity contribution in [1.82, 2.24) is 5.32 Å². The number of hydrogen-bond donors (Lipinski definition) is 1. The molecule has 0 radical (unpaired) electrons. The van der Waals surface area contributed by atoms with Crippen molar-refractivity contribution in [3.05, 3.63) is 23.8 Å². The third-order valence-electron chi connectivity index (χ3n) is 3.13. The van der Waals surface area contributed by atoms with Gasteiger partial charge in [-0.2, -0.15) is 0 Å². The van der Waals surface area contributed by atoms with E-state index in [0.29, 0.717) is 23.3 Å². The number of methoxy groups -OCH3 is 1. The van der Waals surface area contributed by atoms with Crippen molar-refractivity contribution < 1.29 is 19.1 Å². The predicted octanol–water partition coefficient (Wildman–Crippen LogP) is 2.58. The summed E-state index contributed by atoms with van der Waals surface area (Å²) in [6, 6.07) is 4.98. The van der Waals surface area contributed by atoms with E-state index in [0.717, 1.165) is 12.8 Å². The summed E-state index contributed by atoms with van der Waals surface area (Å²) in [5, 5.41) is 2.88. The molecule has 116 valence electrons. The van der Waals surface area contributed by atoms with Crippen LogP contribution < -0.4 is 14.8 Å². The first-order valence-corrected chi connectivity index (χ1v) is 7.12. The minimum Gasteiger partial charge on any atom is -0.497 e. The lowest BCUT2D eigenvalue weighted by atomic mass is 10.2. The molecule has 21 heavy (non-hydrogen) atoms. The van der Waals surface area contributed by atoms with E-state index in [1.807, 2.05) is 6.92 Å². The van der Waals surface area contributed by atoms with E-state index in [1.165, 1.54) is 7.11 Å². The van der Waals surface area contributed by atoms with Gasteiger partial charge in [0, 0.05) is 12.1 Å². The molecule has 0 aliphatic carbocycles. The smallest absolute Gasteiger partial charge is 0.260 e. The van der Waals surface area contributed by atoms with Crippen molar-refractivity contribution in [2.75, 3.05) is 7.11 Å². The highest BCUT2D eigenvalue weighted by Crippen LogP contribution is 2.24. The Labute approximate surface area is 125 Å². The maximum Gasteiger partial charge on any atom is 0.260 e. The Hall–Kier alpha value is -2.04. The van der Waals surface area contributed by atoms with E-state index in [9.17, 15) is 9.59 Å². The van der Waals surface area contributed by atoms with Crippen molar-refractivity contribution in [1.29, 1.82) is 0 Å². The van der Waals surface area contributed by atoms with Crippen LogP contribution >= 0.6 is 0 Å². The standard InChI is InChI=1S/C16H23NO4/c1-5-6-11(2)17-16(19)12(3)21-15-9-14(20-4)8-7-13(15)10-18/h7-12H,5-6H2,1-4H3,(H,17,19). The molecule has 0 saturated carbocycles. The van der Waals surface area contributed by atoms with Gasteiger partial charge in [0.25, 0.3) is 5.91 Å². The number of nitrogens with one attached hydrogen (secondary N) is 1. The molecule has 1 aromatic carbocycles. The van der Waals surface area contributed by atoms with Gasteiger partial charge in [-0.25, -0.2) is 0 Å². The molecule has 1 amide bonds.